The molecule has 4 aromatic rings. The van der Waals surface area contributed by atoms with Gasteiger partial charge in [-0.1, -0.05) is 42.5 Å². The molecule has 0 spiro atoms. The highest BCUT2D eigenvalue weighted by atomic mass is 16.2. The molecular formula is C26H23N3O3. The molecule has 0 radical (unpaired) electrons. The second-order valence-corrected chi connectivity index (χ2v) is 7.86. The molecule has 3 aromatic carbocycles. The molecule has 0 fully saturated rings. The van der Waals surface area contributed by atoms with Crippen molar-refractivity contribution in [3.63, 3.8) is 0 Å². The average Bonchev–Trinajstić information content (AvgIpc) is 2.80. The maximum atomic E-state index is 13.2. The van der Waals surface area contributed by atoms with E-state index in [1.165, 1.54) is 4.90 Å². The Balaban J connectivity index is 1.63. The van der Waals surface area contributed by atoms with Gasteiger partial charge >= 0.3 is 0 Å². The van der Waals surface area contributed by atoms with Crippen molar-refractivity contribution in [2.45, 2.75) is 20.4 Å². The van der Waals surface area contributed by atoms with Gasteiger partial charge in [0.15, 0.2) is 5.78 Å². The fourth-order valence-corrected chi connectivity index (χ4v) is 3.62. The number of nitrogens with one attached hydrogen (secondary N) is 1. The first-order valence-corrected chi connectivity index (χ1v) is 10.3. The van der Waals surface area contributed by atoms with Gasteiger partial charge in [0.1, 0.15) is 5.82 Å². The number of H-pyrrole nitrogens is 1. The molecule has 4 rings (SSSR count). The summed E-state index contributed by atoms with van der Waals surface area (Å²) in [6.07, 6.45) is 0. The Morgan fingerprint density at radius 3 is 2.34 bits per heavy atom. The predicted molar refractivity (Wildman–Crippen MR) is 124 cm³/mol. The number of aryl methyl sites for hydroxylation is 2. The van der Waals surface area contributed by atoms with Crippen molar-refractivity contribution in [3.05, 3.63) is 111 Å². The molecule has 1 N–H and O–H groups in total. The maximum Gasteiger partial charge on any atom is 0.258 e. The highest BCUT2D eigenvalue weighted by Gasteiger charge is 2.21. The molecule has 0 unspecified atom stereocenters. The normalized spacial score (nSPS) is 10.8. The molecule has 0 saturated heterocycles. The third-order valence-corrected chi connectivity index (χ3v) is 5.57. The summed E-state index contributed by atoms with van der Waals surface area (Å²) < 4.78 is 0. The minimum Gasteiger partial charge on any atom is -0.334 e. The number of hydrogen-bond donors (Lipinski definition) is 1. The van der Waals surface area contributed by atoms with Gasteiger partial charge in [0.05, 0.1) is 23.0 Å². The van der Waals surface area contributed by atoms with E-state index in [1.807, 2.05) is 32.0 Å². The summed E-state index contributed by atoms with van der Waals surface area (Å²) in [4.78, 5) is 47.4. The lowest BCUT2D eigenvalue weighted by atomic mass is 9.95. The van der Waals surface area contributed by atoms with Crippen molar-refractivity contribution in [1.29, 1.82) is 0 Å². The van der Waals surface area contributed by atoms with Gasteiger partial charge in [-0.3, -0.25) is 14.4 Å². The summed E-state index contributed by atoms with van der Waals surface area (Å²) in [7, 11) is 1.62. The van der Waals surface area contributed by atoms with Crippen LogP contribution in [0.4, 0.5) is 0 Å². The Labute approximate surface area is 185 Å². The lowest BCUT2D eigenvalue weighted by molar-refractivity contribution is 0.0777. The number of fused-ring (bicyclic) bond motifs is 1. The Morgan fingerprint density at radius 2 is 1.59 bits per heavy atom. The first-order chi connectivity index (χ1) is 15.3. The van der Waals surface area contributed by atoms with Crippen LogP contribution < -0.4 is 5.56 Å². The van der Waals surface area contributed by atoms with E-state index in [4.69, 9.17) is 0 Å². The minimum absolute atomic E-state index is 0.102. The van der Waals surface area contributed by atoms with E-state index in [0.29, 0.717) is 33.4 Å². The average molecular weight is 425 g/mol. The molecule has 160 valence electrons. The van der Waals surface area contributed by atoms with Crippen molar-refractivity contribution in [3.8, 4) is 0 Å². The Kier molecular flexibility index (Phi) is 5.69. The van der Waals surface area contributed by atoms with Crippen molar-refractivity contribution < 1.29 is 9.59 Å². The number of carbonyl (C=O) groups excluding carboxylic acids is 2. The topological polar surface area (TPSA) is 83.1 Å². The largest absolute Gasteiger partial charge is 0.334 e. The van der Waals surface area contributed by atoms with Crippen molar-refractivity contribution >= 4 is 22.6 Å². The molecule has 1 heterocycles. The number of rotatable bonds is 5. The summed E-state index contributed by atoms with van der Waals surface area (Å²) in [5.41, 5.74) is 3.62. The number of aromatic amines is 1. The number of aromatic nitrogens is 2. The van der Waals surface area contributed by atoms with Crippen LogP contribution in [-0.2, 0) is 6.54 Å². The molecule has 0 saturated carbocycles. The zero-order valence-electron chi connectivity index (χ0n) is 18.2. The lowest BCUT2D eigenvalue weighted by Crippen LogP contribution is -2.29. The summed E-state index contributed by atoms with van der Waals surface area (Å²) in [6, 6.07) is 19.3. The third-order valence-electron chi connectivity index (χ3n) is 5.57. The summed E-state index contributed by atoms with van der Waals surface area (Å²) in [5, 5.41) is 0.495. The van der Waals surface area contributed by atoms with E-state index in [-0.39, 0.29) is 23.8 Å². The van der Waals surface area contributed by atoms with E-state index in [0.717, 1.165) is 11.1 Å². The van der Waals surface area contributed by atoms with Crippen molar-refractivity contribution in [2.75, 3.05) is 7.05 Å². The molecule has 0 aliphatic heterocycles. The van der Waals surface area contributed by atoms with Crippen LogP contribution in [0.5, 0.6) is 0 Å². The van der Waals surface area contributed by atoms with Gasteiger partial charge in [-0.2, -0.15) is 0 Å². The number of ketones is 1. The number of nitrogens with zero attached hydrogens (tertiary/aromatic N) is 2. The zero-order valence-corrected chi connectivity index (χ0v) is 18.2. The van der Waals surface area contributed by atoms with Crippen molar-refractivity contribution in [1.82, 2.24) is 14.9 Å². The fraction of sp³-hybridized carbons (Fsp3) is 0.154. The van der Waals surface area contributed by atoms with E-state index in [1.54, 1.807) is 55.6 Å². The SMILES string of the molecule is Cc1ccc(C(=O)c2ccccc2C(=O)N(C)Cc2nc3ccccc3c(=O)[nH]2)cc1C. The Bertz CT molecular complexity index is 1410. The van der Waals surface area contributed by atoms with Gasteiger partial charge in [-0.25, -0.2) is 4.98 Å². The molecular weight excluding hydrogens is 402 g/mol. The molecule has 6 nitrogen and oxygen atoms in total. The second-order valence-electron chi connectivity index (χ2n) is 7.86. The standard InChI is InChI=1S/C26H23N3O3/c1-16-12-13-18(14-17(16)2)24(30)19-8-4-5-9-20(19)26(32)29(3)15-23-27-22-11-7-6-10-21(22)25(31)28-23/h4-14H,15H2,1-3H3,(H,27,28,31). The van der Waals surface area contributed by atoms with Gasteiger partial charge in [-0.05, 0) is 49.2 Å². The lowest BCUT2D eigenvalue weighted by Gasteiger charge is -2.18. The summed E-state index contributed by atoms with van der Waals surface area (Å²) in [6.45, 7) is 4.04. The number of benzene rings is 3. The van der Waals surface area contributed by atoms with E-state index < -0.39 is 0 Å². The molecule has 1 amide bonds. The van der Waals surface area contributed by atoms with Crippen LogP contribution in [0.1, 0.15) is 43.2 Å². The molecule has 32 heavy (non-hydrogen) atoms. The highest BCUT2D eigenvalue weighted by molar-refractivity contribution is 6.15. The molecule has 0 bridgehead atoms. The van der Waals surface area contributed by atoms with Gasteiger partial charge in [0.25, 0.3) is 11.5 Å². The van der Waals surface area contributed by atoms with E-state index >= 15 is 0 Å². The first kappa shape index (κ1) is 21.2. The van der Waals surface area contributed by atoms with Crippen LogP contribution in [-0.4, -0.2) is 33.6 Å². The summed E-state index contributed by atoms with van der Waals surface area (Å²) >= 11 is 0. The summed E-state index contributed by atoms with van der Waals surface area (Å²) in [5.74, 6) is -0.154. The van der Waals surface area contributed by atoms with Crippen LogP contribution in [0.25, 0.3) is 10.9 Å². The fourth-order valence-electron chi connectivity index (χ4n) is 3.62. The zero-order chi connectivity index (χ0) is 22.8. The Morgan fingerprint density at radius 1 is 0.906 bits per heavy atom. The molecule has 1 aromatic heterocycles. The quantitative estimate of drug-likeness (QED) is 0.489. The van der Waals surface area contributed by atoms with Crippen molar-refractivity contribution in [2.24, 2.45) is 0 Å². The van der Waals surface area contributed by atoms with Crippen LogP contribution in [0.2, 0.25) is 0 Å². The number of carbonyl (C=O) groups is 2. The molecule has 0 aliphatic rings. The number of hydrogen-bond acceptors (Lipinski definition) is 4. The molecule has 6 heteroatoms. The minimum atomic E-state index is -0.325. The first-order valence-electron chi connectivity index (χ1n) is 10.3. The van der Waals surface area contributed by atoms with Gasteiger partial charge in [0, 0.05) is 18.2 Å². The number of para-hydroxylation sites is 1. The van der Waals surface area contributed by atoms with Gasteiger partial charge < -0.3 is 9.88 Å². The van der Waals surface area contributed by atoms with Crippen LogP contribution in [0.3, 0.4) is 0 Å². The van der Waals surface area contributed by atoms with E-state index in [2.05, 4.69) is 9.97 Å². The maximum absolute atomic E-state index is 13.2. The smallest absolute Gasteiger partial charge is 0.258 e. The monoisotopic (exact) mass is 425 g/mol. The second kappa shape index (κ2) is 8.59. The molecule has 0 aliphatic carbocycles. The third kappa shape index (κ3) is 4.07. The Hall–Kier alpha value is -4.06. The van der Waals surface area contributed by atoms with E-state index in [9.17, 15) is 14.4 Å². The predicted octanol–water partition coefficient (Wildman–Crippen LogP) is 4.04. The molecule has 0 atom stereocenters. The highest BCUT2D eigenvalue weighted by Crippen LogP contribution is 2.19. The van der Waals surface area contributed by atoms with Crippen LogP contribution >= 0.6 is 0 Å². The van der Waals surface area contributed by atoms with Gasteiger partial charge in [-0.15, -0.1) is 0 Å². The van der Waals surface area contributed by atoms with Crippen LogP contribution in [0.15, 0.2) is 71.5 Å². The van der Waals surface area contributed by atoms with Crippen LogP contribution in [0, 0.1) is 13.8 Å². The number of amides is 1. The van der Waals surface area contributed by atoms with Gasteiger partial charge in [0.2, 0.25) is 0 Å².